The van der Waals surface area contributed by atoms with Gasteiger partial charge in [0, 0.05) is 25.4 Å². The molecule has 0 aliphatic carbocycles. The van der Waals surface area contributed by atoms with E-state index in [2.05, 4.69) is 32.9 Å². The van der Waals surface area contributed by atoms with Gasteiger partial charge in [-0.3, -0.25) is 4.68 Å². The van der Waals surface area contributed by atoms with Crippen LogP contribution in [0.2, 0.25) is 0 Å². The summed E-state index contributed by atoms with van der Waals surface area (Å²) in [5.41, 5.74) is 2.14. The highest BCUT2D eigenvalue weighted by Crippen LogP contribution is 2.34. The predicted molar refractivity (Wildman–Crippen MR) is 97.1 cm³/mol. The molecule has 7 nitrogen and oxygen atoms in total. The number of anilines is 1. The first-order valence-corrected chi connectivity index (χ1v) is 10.5. The molecule has 1 unspecified atom stereocenters. The molecule has 0 saturated carbocycles. The van der Waals surface area contributed by atoms with Gasteiger partial charge in [-0.15, -0.1) is 0 Å². The van der Waals surface area contributed by atoms with Gasteiger partial charge in [0.15, 0.2) is 14.4 Å². The Morgan fingerprint density at radius 1 is 1.46 bits per heavy atom. The number of halogens is 1. The maximum absolute atomic E-state index is 12.1. The Morgan fingerprint density at radius 3 is 2.79 bits per heavy atom. The maximum Gasteiger partial charge on any atom is 0.154 e. The van der Waals surface area contributed by atoms with Crippen LogP contribution in [0.25, 0.3) is 11.0 Å². The van der Waals surface area contributed by atoms with Gasteiger partial charge in [0.1, 0.15) is 11.3 Å². The zero-order valence-electron chi connectivity index (χ0n) is 14.2. The summed E-state index contributed by atoms with van der Waals surface area (Å²) in [5.74, 6) is 0.762. The van der Waals surface area contributed by atoms with Gasteiger partial charge < -0.3 is 9.64 Å². The van der Waals surface area contributed by atoms with Crippen molar-refractivity contribution in [2.45, 2.75) is 25.1 Å². The summed E-state index contributed by atoms with van der Waals surface area (Å²) in [6.45, 7) is 5.77. The topological polar surface area (TPSA) is 77.3 Å². The summed E-state index contributed by atoms with van der Waals surface area (Å²) in [7, 11) is -1.45. The molecule has 3 rings (SSSR count). The number of rotatable bonds is 3. The van der Waals surface area contributed by atoms with Gasteiger partial charge in [0.25, 0.3) is 0 Å². The SMILES string of the molecule is CC(c1cc(N2CCOC[C@H]2C)nc2c(Br)nn(C)c12)S(C)(=O)=O. The van der Waals surface area contributed by atoms with Crippen LogP contribution in [0, 0.1) is 0 Å². The Kier molecular flexibility index (Phi) is 4.61. The van der Waals surface area contributed by atoms with Crippen molar-refractivity contribution >= 4 is 42.6 Å². The Labute approximate surface area is 150 Å². The molecule has 132 valence electrons. The Hall–Kier alpha value is -1.19. The van der Waals surface area contributed by atoms with Gasteiger partial charge in [0.05, 0.1) is 30.0 Å². The molecule has 0 radical (unpaired) electrons. The molecule has 1 aliphatic rings. The van der Waals surface area contributed by atoms with Gasteiger partial charge in [0.2, 0.25) is 0 Å². The normalized spacial score (nSPS) is 20.5. The lowest BCUT2D eigenvalue weighted by atomic mass is 10.1. The van der Waals surface area contributed by atoms with Crippen molar-refractivity contribution in [3.05, 3.63) is 16.2 Å². The zero-order valence-corrected chi connectivity index (χ0v) is 16.6. The number of sulfone groups is 1. The molecular weight excluding hydrogens is 396 g/mol. The van der Waals surface area contributed by atoms with Crippen molar-refractivity contribution < 1.29 is 13.2 Å². The van der Waals surface area contributed by atoms with Crippen molar-refractivity contribution in [1.82, 2.24) is 14.8 Å². The van der Waals surface area contributed by atoms with Crippen molar-refractivity contribution in [3.8, 4) is 0 Å². The van der Waals surface area contributed by atoms with E-state index in [1.807, 2.05) is 6.07 Å². The lowest BCUT2D eigenvalue weighted by Gasteiger charge is -2.34. The summed E-state index contributed by atoms with van der Waals surface area (Å²) in [4.78, 5) is 6.89. The van der Waals surface area contributed by atoms with E-state index in [4.69, 9.17) is 9.72 Å². The molecule has 2 aromatic heterocycles. The summed E-state index contributed by atoms with van der Waals surface area (Å²) >= 11 is 3.44. The van der Waals surface area contributed by atoms with E-state index in [0.29, 0.717) is 23.3 Å². The first kappa shape index (κ1) is 17.6. The highest BCUT2D eigenvalue weighted by molar-refractivity contribution is 9.10. The lowest BCUT2D eigenvalue weighted by Crippen LogP contribution is -2.44. The zero-order chi connectivity index (χ0) is 17.6. The van der Waals surface area contributed by atoms with Gasteiger partial charge in [-0.1, -0.05) is 0 Å². The molecule has 1 saturated heterocycles. The fraction of sp³-hybridized carbons (Fsp3) is 0.600. The first-order chi connectivity index (χ1) is 11.2. The minimum absolute atomic E-state index is 0.181. The predicted octanol–water partition coefficient (Wildman–Crippen LogP) is 2.06. The molecule has 0 bridgehead atoms. The molecule has 1 aliphatic heterocycles. The Balaban J connectivity index is 2.24. The second kappa shape index (κ2) is 6.27. The average molecular weight is 417 g/mol. The average Bonchev–Trinajstić information content (AvgIpc) is 2.80. The van der Waals surface area contributed by atoms with Crippen LogP contribution in [0.5, 0.6) is 0 Å². The van der Waals surface area contributed by atoms with Crippen LogP contribution < -0.4 is 4.90 Å². The maximum atomic E-state index is 12.1. The second-order valence-electron chi connectivity index (χ2n) is 6.27. The molecule has 1 fully saturated rings. The smallest absolute Gasteiger partial charge is 0.154 e. The van der Waals surface area contributed by atoms with Crippen LogP contribution in [-0.2, 0) is 21.6 Å². The summed E-state index contributed by atoms with van der Waals surface area (Å²) in [6.07, 6.45) is 1.26. The number of ether oxygens (including phenoxy) is 1. The molecule has 0 amide bonds. The molecule has 0 N–H and O–H groups in total. The van der Waals surface area contributed by atoms with Crippen LogP contribution in [0.3, 0.4) is 0 Å². The quantitative estimate of drug-likeness (QED) is 0.761. The van der Waals surface area contributed by atoms with Crippen molar-refractivity contribution in [1.29, 1.82) is 0 Å². The molecule has 3 heterocycles. The molecule has 0 aromatic carbocycles. The van der Waals surface area contributed by atoms with E-state index in [-0.39, 0.29) is 6.04 Å². The van der Waals surface area contributed by atoms with Crippen molar-refractivity contribution in [2.24, 2.45) is 7.05 Å². The largest absolute Gasteiger partial charge is 0.377 e. The van der Waals surface area contributed by atoms with E-state index in [1.54, 1.807) is 18.7 Å². The summed E-state index contributed by atoms with van der Waals surface area (Å²) < 4.78 is 32.1. The van der Waals surface area contributed by atoms with Crippen LogP contribution in [0.15, 0.2) is 10.7 Å². The molecule has 0 spiro atoms. The van der Waals surface area contributed by atoms with E-state index in [0.717, 1.165) is 23.4 Å². The Morgan fingerprint density at radius 2 is 2.17 bits per heavy atom. The van der Waals surface area contributed by atoms with E-state index in [1.165, 1.54) is 6.26 Å². The number of nitrogens with zero attached hydrogens (tertiary/aromatic N) is 4. The Bertz CT molecular complexity index is 880. The third-order valence-corrected chi connectivity index (χ3v) is 6.58. The monoisotopic (exact) mass is 416 g/mol. The molecule has 2 aromatic rings. The first-order valence-electron chi connectivity index (χ1n) is 7.76. The number of hydrogen-bond donors (Lipinski definition) is 0. The summed E-state index contributed by atoms with van der Waals surface area (Å²) in [6, 6.07) is 2.06. The van der Waals surface area contributed by atoms with Crippen LogP contribution in [0.4, 0.5) is 5.82 Å². The fourth-order valence-corrected chi connectivity index (χ4v) is 4.17. The van der Waals surface area contributed by atoms with Gasteiger partial charge >= 0.3 is 0 Å². The van der Waals surface area contributed by atoms with Crippen molar-refractivity contribution in [2.75, 3.05) is 30.9 Å². The highest BCUT2D eigenvalue weighted by Gasteiger charge is 2.27. The number of aromatic nitrogens is 3. The van der Waals surface area contributed by atoms with E-state index >= 15 is 0 Å². The van der Waals surface area contributed by atoms with Crippen LogP contribution in [-0.4, -0.2) is 55.2 Å². The molecule has 24 heavy (non-hydrogen) atoms. The lowest BCUT2D eigenvalue weighted by molar-refractivity contribution is 0.0985. The number of pyridine rings is 1. The highest BCUT2D eigenvalue weighted by atomic mass is 79.9. The van der Waals surface area contributed by atoms with Gasteiger partial charge in [-0.2, -0.15) is 5.10 Å². The van der Waals surface area contributed by atoms with Crippen LogP contribution in [0.1, 0.15) is 24.7 Å². The van der Waals surface area contributed by atoms with Crippen LogP contribution >= 0.6 is 15.9 Å². The fourth-order valence-electron chi connectivity index (χ4n) is 3.01. The standard InChI is InChI=1S/C15H21BrN4O3S/c1-9-8-23-6-5-20(9)12-7-11(10(2)24(4,21)22)14-13(17-12)15(16)18-19(14)3/h7,9-10H,5-6,8H2,1-4H3/t9-,10?/m1/s1. The van der Waals surface area contributed by atoms with Gasteiger partial charge in [-0.05, 0) is 35.8 Å². The van der Waals surface area contributed by atoms with Gasteiger partial charge in [-0.25, -0.2) is 13.4 Å². The minimum atomic E-state index is -3.24. The van der Waals surface area contributed by atoms with Crippen molar-refractivity contribution in [3.63, 3.8) is 0 Å². The molecular formula is C15H21BrN4O3S. The number of aryl methyl sites for hydroxylation is 1. The van der Waals surface area contributed by atoms with E-state index < -0.39 is 15.1 Å². The third kappa shape index (κ3) is 3.04. The summed E-state index contributed by atoms with van der Waals surface area (Å²) in [5, 5.41) is 3.71. The number of hydrogen-bond acceptors (Lipinski definition) is 6. The van der Waals surface area contributed by atoms with E-state index in [9.17, 15) is 8.42 Å². The second-order valence-corrected chi connectivity index (χ2v) is 9.39. The number of morpholine rings is 1. The number of fused-ring (bicyclic) bond motifs is 1. The third-order valence-electron chi connectivity index (χ3n) is 4.51. The molecule has 2 atom stereocenters. The minimum Gasteiger partial charge on any atom is -0.377 e. The molecule has 9 heteroatoms.